The molecule has 1 aliphatic rings. The van der Waals surface area contributed by atoms with Crippen molar-refractivity contribution < 1.29 is 13.9 Å². The highest BCUT2D eigenvalue weighted by Crippen LogP contribution is 2.30. The lowest BCUT2D eigenvalue weighted by atomic mass is 9.91. The summed E-state index contributed by atoms with van der Waals surface area (Å²) in [6.07, 6.45) is 0.729. The first-order valence-electron chi connectivity index (χ1n) is 7.23. The molecule has 0 spiro atoms. The van der Waals surface area contributed by atoms with Crippen molar-refractivity contribution in [3.05, 3.63) is 47.0 Å². The maximum Gasteiger partial charge on any atom is 0.253 e. The molecule has 114 valence electrons. The van der Waals surface area contributed by atoms with Crippen LogP contribution in [0.2, 0.25) is 0 Å². The smallest absolute Gasteiger partial charge is 0.253 e. The second kappa shape index (κ2) is 6.29. The highest BCUT2D eigenvalue weighted by Gasteiger charge is 2.34. The molecule has 1 heterocycles. The van der Waals surface area contributed by atoms with Gasteiger partial charge in [-0.3, -0.25) is 4.79 Å². The SMILES string of the molecule is COC1=C(C)C(=O)N(Cc2ccc(F)cc2)C(C(C)C)C1. The lowest BCUT2D eigenvalue weighted by molar-refractivity contribution is -0.133. The molecule has 0 fully saturated rings. The summed E-state index contributed by atoms with van der Waals surface area (Å²) in [6, 6.07) is 6.41. The summed E-state index contributed by atoms with van der Waals surface area (Å²) in [5, 5.41) is 0. The molecule has 1 unspecified atom stereocenters. The highest BCUT2D eigenvalue weighted by molar-refractivity contribution is 5.94. The topological polar surface area (TPSA) is 29.5 Å². The summed E-state index contributed by atoms with van der Waals surface area (Å²) in [5.74, 6) is 0.838. The van der Waals surface area contributed by atoms with Crippen LogP contribution < -0.4 is 0 Å². The third-order valence-electron chi connectivity index (χ3n) is 4.08. The predicted molar refractivity (Wildman–Crippen MR) is 79.9 cm³/mol. The monoisotopic (exact) mass is 291 g/mol. The minimum atomic E-state index is -0.262. The van der Waals surface area contributed by atoms with Crippen molar-refractivity contribution in [3.63, 3.8) is 0 Å². The quantitative estimate of drug-likeness (QED) is 0.849. The molecule has 1 aliphatic heterocycles. The Morgan fingerprint density at radius 1 is 1.33 bits per heavy atom. The van der Waals surface area contributed by atoms with Crippen LogP contribution in [0.3, 0.4) is 0 Å². The van der Waals surface area contributed by atoms with Gasteiger partial charge in [0.1, 0.15) is 11.6 Å². The van der Waals surface area contributed by atoms with Gasteiger partial charge in [0.05, 0.1) is 12.7 Å². The van der Waals surface area contributed by atoms with Crippen LogP contribution in [0.5, 0.6) is 0 Å². The van der Waals surface area contributed by atoms with E-state index < -0.39 is 0 Å². The van der Waals surface area contributed by atoms with Gasteiger partial charge in [-0.25, -0.2) is 4.39 Å². The van der Waals surface area contributed by atoms with Crippen LogP contribution >= 0.6 is 0 Å². The zero-order chi connectivity index (χ0) is 15.6. The van der Waals surface area contributed by atoms with Crippen LogP contribution in [0.1, 0.15) is 32.8 Å². The maximum absolute atomic E-state index is 13.0. The molecule has 0 aromatic heterocycles. The van der Waals surface area contributed by atoms with Gasteiger partial charge in [-0.15, -0.1) is 0 Å². The van der Waals surface area contributed by atoms with Gasteiger partial charge in [0, 0.05) is 19.0 Å². The number of carbonyl (C=O) groups is 1. The lowest BCUT2D eigenvalue weighted by Gasteiger charge is -2.39. The zero-order valence-electron chi connectivity index (χ0n) is 13.0. The maximum atomic E-state index is 13.0. The van der Waals surface area contributed by atoms with Gasteiger partial charge in [-0.2, -0.15) is 0 Å². The van der Waals surface area contributed by atoms with Gasteiger partial charge in [-0.1, -0.05) is 26.0 Å². The number of nitrogens with zero attached hydrogens (tertiary/aromatic N) is 1. The third kappa shape index (κ3) is 3.26. The molecule has 0 aliphatic carbocycles. The molecule has 21 heavy (non-hydrogen) atoms. The number of benzene rings is 1. The molecule has 3 nitrogen and oxygen atoms in total. The first kappa shape index (κ1) is 15.5. The largest absolute Gasteiger partial charge is 0.501 e. The van der Waals surface area contributed by atoms with E-state index >= 15 is 0 Å². The zero-order valence-corrected chi connectivity index (χ0v) is 13.0. The number of rotatable bonds is 4. The molecule has 0 bridgehead atoms. The number of hydrogen-bond acceptors (Lipinski definition) is 2. The Balaban J connectivity index is 2.28. The van der Waals surface area contributed by atoms with Crippen molar-refractivity contribution in [2.45, 2.75) is 39.8 Å². The van der Waals surface area contributed by atoms with E-state index in [9.17, 15) is 9.18 Å². The van der Waals surface area contributed by atoms with E-state index in [1.165, 1.54) is 12.1 Å². The standard InChI is InChI=1S/C17H22FNO2/c1-11(2)15-9-16(21-4)12(3)17(20)19(15)10-13-5-7-14(18)8-6-13/h5-8,11,15H,9-10H2,1-4H3. The van der Waals surface area contributed by atoms with E-state index in [4.69, 9.17) is 4.74 Å². The summed E-state index contributed by atoms with van der Waals surface area (Å²) in [5.41, 5.74) is 1.60. The number of hydrogen-bond donors (Lipinski definition) is 0. The van der Waals surface area contributed by atoms with E-state index in [0.717, 1.165) is 17.7 Å². The average Bonchev–Trinajstić information content (AvgIpc) is 2.46. The van der Waals surface area contributed by atoms with Crippen LogP contribution in [0.25, 0.3) is 0 Å². The number of ether oxygens (including phenoxy) is 1. The Hall–Kier alpha value is -1.84. The number of amides is 1. The molecule has 0 radical (unpaired) electrons. The van der Waals surface area contributed by atoms with Crippen LogP contribution in [-0.2, 0) is 16.1 Å². The van der Waals surface area contributed by atoms with Crippen molar-refractivity contribution in [2.75, 3.05) is 7.11 Å². The third-order valence-corrected chi connectivity index (χ3v) is 4.08. The van der Waals surface area contributed by atoms with E-state index in [-0.39, 0.29) is 17.8 Å². The summed E-state index contributed by atoms with van der Waals surface area (Å²) in [6.45, 7) is 6.50. The van der Waals surface area contributed by atoms with Crippen molar-refractivity contribution in [3.8, 4) is 0 Å². The summed E-state index contributed by atoms with van der Waals surface area (Å²) in [7, 11) is 1.61. The molecule has 1 atom stereocenters. The molecular weight excluding hydrogens is 269 g/mol. The number of halogens is 1. The molecule has 1 aromatic carbocycles. The average molecular weight is 291 g/mol. The van der Waals surface area contributed by atoms with E-state index in [0.29, 0.717) is 18.0 Å². The van der Waals surface area contributed by atoms with Crippen LogP contribution in [0.4, 0.5) is 4.39 Å². The molecule has 4 heteroatoms. The second-order valence-electron chi connectivity index (χ2n) is 5.83. The fourth-order valence-electron chi connectivity index (χ4n) is 2.75. The van der Waals surface area contributed by atoms with Gasteiger partial charge in [0.15, 0.2) is 0 Å². The van der Waals surface area contributed by atoms with Crippen molar-refractivity contribution >= 4 is 5.91 Å². The first-order chi connectivity index (χ1) is 9.93. The lowest BCUT2D eigenvalue weighted by Crippen LogP contribution is -2.46. The van der Waals surface area contributed by atoms with Crippen molar-refractivity contribution in [1.29, 1.82) is 0 Å². The Labute approximate surface area is 125 Å². The first-order valence-corrected chi connectivity index (χ1v) is 7.23. The van der Waals surface area contributed by atoms with Crippen LogP contribution in [-0.4, -0.2) is 24.0 Å². The fourth-order valence-corrected chi connectivity index (χ4v) is 2.75. The van der Waals surface area contributed by atoms with Gasteiger partial charge < -0.3 is 9.64 Å². The van der Waals surface area contributed by atoms with Crippen LogP contribution in [0, 0.1) is 11.7 Å². The van der Waals surface area contributed by atoms with E-state index in [1.807, 2.05) is 4.90 Å². The highest BCUT2D eigenvalue weighted by atomic mass is 19.1. The molecular formula is C17H22FNO2. The molecule has 0 saturated carbocycles. The Morgan fingerprint density at radius 3 is 2.48 bits per heavy atom. The van der Waals surface area contributed by atoms with Crippen molar-refractivity contribution in [1.82, 2.24) is 4.90 Å². The second-order valence-corrected chi connectivity index (χ2v) is 5.83. The minimum Gasteiger partial charge on any atom is -0.501 e. The van der Waals surface area contributed by atoms with Gasteiger partial charge >= 0.3 is 0 Å². The normalized spacial score (nSPS) is 19.4. The molecule has 0 saturated heterocycles. The summed E-state index contributed by atoms with van der Waals surface area (Å²) < 4.78 is 18.4. The summed E-state index contributed by atoms with van der Waals surface area (Å²) in [4.78, 5) is 14.5. The van der Waals surface area contributed by atoms with Gasteiger partial charge in [0.25, 0.3) is 5.91 Å². The van der Waals surface area contributed by atoms with Crippen molar-refractivity contribution in [2.24, 2.45) is 5.92 Å². The Bertz CT molecular complexity index is 548. The molecule has 1 amide bonds. The van der Waals surface area contributed by atoms with Crippen LogP contribution in [0.15, 0.2) is 35.6 Å². The minimum absolute atomic E-state index is 0.00104. The predicted octanol–water partition coefficient (Wildman–Crippen LogP) is 3.50. The Kier molecular flexibility index (Phi) is 4.66. The van der Waals surface area contributed by atoms with Gasteiger partial charge in [-0.05, 0) is 30.5 Å². The number of carbonyl (C=O) groups excluding carboxylic acids is 1. The molecule has 2 rings (SSSR count). The Morgan fingerprint density at radius 2 is 1.95 bits per heavy atom. The van der Waals surface area contributed by atoms with Gasteiger partial charge in [0.2, 0.25) is 0 Å². The molecule has 0 N–H and O–H groups in total. The fraction of sp³-hybridized carbons (Fsp3) is 0.471. The molecule has 1 aromatic rings. The summed E-state index contributed by atoms with van der Waals surface area (Å²) >= 11 is 0. The van der Waals surface area contributed by atoms with E-state index in [2.05, 4.69) is 13.8 Å². The number of methoxy groups -OCH3 is 1. The van der Waals surface area contributed by atoms with E-state index in [1.54, 1.807) is 26.2 Å².